The maximum absolute atomic E-state index is 13.4. The van der Waals surface area contributed by atoms with Gasteiger partial charge >= 0.3 is 0 Å². The van der Waals surface area contributed by atoms with Gasteiger partial charge in [-0.15, -0.1) is 0 Å². The van der Waals surface area contributed by atoms with Crippen LogP contribution in [0.25, 0.3) is 11.0 Å². The summed E-state index contributed by atoms with van der Waals surface area (Å²) in [4.78, 5) is 15.3. The number of fused-ring (bicyclic) bond motifs is 1. The average Bonchev–Trinajstić information content (AvgIpc) is 2.97. The first-order chi connectivity index (χ1) is 15.8. The molecular weight excluding hydrogens is 436 g/mol. The van der Waals surface area contributed by atoms with E-state index in [1.165, 1.54) is 18.4 Å². The van der Waals surface area contributed by atoms with Gasteiger partial charge in [0.2, 0.25) is 10.0 Å². The fourth-order valence-electron chi connectivity index (χ4n) is 5.04. The number of hydrogen-bond acceptors (Lipinski definition) is 4. The predicted octanol–water partition coefficient (Wildman–Crippen LogP) is 5.54. The number of nitrogens with zero attached hydrogens (tertiary/aromatic N) is 1. The van der Waals surface area contributed by atoms with E-state index in [0.717, 1.165) is 63.6 Å². The highest BCUT2D eigenvalue weighted by molar-refractivity contribution is 7.89. The van der Waals surface area contributed by atoms with Crippen molar-refractivity contribution < 1.29 is 17.6 Å². The Balaban J connectivity index is 1.67. The third kappa shape index (κ3) is 5.04. The minimum Gasteiger partial charge on any atom is -0.449 e. The van der Waals surface area contributed by atoms with Crippen LogP contribution in [0.5, 0.6) is 0 Å². The molecule has 0 radical (unpaired) electrons. The Kier molecular flexibility index (Phi) is 7.29. The van der Waals surface area contributed by atoms with E-state index in [1.54, 1.807) is 6.92 Å². The number of carbonyl (C=O) groups is 1. The van der Waals surface area contributed by atoms with Crippen molar-refractivity contribution in [2.45, 2.75) is 83.5 Å². The second kappa shape index (κ2) is 10.0. The van der Waals surface area contributed by atoms with Gasteiger partial charge in [0.1, 0.15) is 4.90 Å². The lowest BCUT2D eigenvalue weighted by Crippen LogP contribution is -2.31. The van der Waals surface area contributed by atoms with E-state index in [0.29, 0.717) is 23.1 Å². The van der Waals surface area contributed by atoms with Crippen LogP contribution in [0, 0.1) is 20.8 Å². The summed E-state index contributed by atoms with van der Waals surface area (Å²) in [6.07, 6.45) is 11.7. The van der Waals surface area contributed by atoms with Crippen molar-refractivity contribution in [2.24, 2.45) is 0 Å². The Morgan fingerprint density at radius 3 is 2.42 bits per heavy atom. The largest absolute Gasteiger partial charge is 0.449 e. The fourth-order valence-corrected chi connectivity index (χ4v) is 6.51. The predicted molar refractivity (Wildman–Crippen MR) is 131 cm³/mol. The molecule has 1 fully saturated rings. The normalized spacial score (nSPS) is 17.8. The molecule has 0 saturated carbocycles. The van der Waals surface area contributed by atoms with Gasteiger partial charge in [0.25, 0.3) is 5.91 Å². The fraction of sp³-hybridized carbons (Fsp3) is 0.577. The number of furan rings is 1. The molecule has 1 aliphatic heterocycles. The summed E-state index contributed by atoms with van der Waals surface area (Å²) in [6, 6.07) is 1.94. The van der Waals surface area contributed by atoms with Crippen molar-refractivity contribution in [2.75, 3.05) is 19.6 Å². The number of hydrogen-bond donors (Lipinski definition) is 1. The lowest BCUT2D eigenvalue weighted by Gasteiger charge is -2.19. The quantitative estimate of drug-likeness (QED) is 0.560. The average molecular weight is 473 g/mol. The van der Waals surface area contributed by atoms with E-state index in [2.05, 4.69) is 10.8 Å². The third-order valence-corrected chi connectivity index (χ3v) is 8.79. The molecule has 1 aromatic carbocycles. The Morgan fingerprint density at radius 1 is 1.03 bits per heavy atom. The molecule has 2 aliphatic rings. The molecule has 0 unspecified atom stereocenters. The first-order valence-corrected chi connectivity index (χ1v) is 13.8. The van der Waals surface area contributed by atoms with Crippen molar-refractivity contribution >= 4 is 26.9 Å². The summed E-state index contributed by atoms with van der Waals surface area (Å²) in [5.74, 6) is 0.127. The lowest BCUT2D eigenvalue weighted by molar-refractivity contribution is 0.0731. The molecule has 0 atom stereocenters. The Hall–Kier alpha value is -2.12. The van der Waals surface area contributed by atoms with E-state index >= 15 is 0 Å². The molecule has 2 heterocycles. The number of rotatable bonds is 6. The molecule has 7 heteroatoms. The Morgan fingerprint density at radius 2 is 1.76 bits per heavy atom. The monoisotopic (exact) mass is 472 g/mol. The number of likely N-dealkylation sites (tertiary alicyclic amines) is 1. The number of amides is 1. The van der Waals surface area contributed by atoms with Crippen molar-refractivity contribution in [1.29, 1.82) is 0 Å². The van der Waals surface area contributed by atoms with Crippen LogP contribution in [-0.4, -0.2) is 38.9 Å². The van der Waals surface area contributed by atoms with Gasteiger partial charge in [0.05, 0.1) is 0 Å². The van der Waals surface area contributed by atoms with Gasteiger partial charge in [-0.25, -0.2) is 13.1 Å². The zero-order chi connectivity index (χ0) is 23.6. The van der Waals surface area contributed by atoms with Crippen LogP contribution < -0.4 is 4.72 Å². The van der Waals surface area contributed by atoms with Crippen molar-refractivity contribution in [3.8, 4) is 0 Å². The number of nitrogens with one attached hydrogen (secondary N) is 1. The first-order valence-electron chi connectivity index (χ1n) is 12.3. The smallest absolute Gasteiger partial charge is 0.289 e. The van der Waals surface area contributed by atoms with Gasteiger partial charge in [-0.05, 0) is 82.9 Å². The van der Waals surface area contributed by atoms with Gasteiger partial charge in [-0.2, -0.15) is 0 Å². The number of carbonyl (C=O) groups excluding carboxylic acids is 1. The molecule has 6 nitrogen and oxygen atoms in total. The highest BCUT2D eigenvalue weighted by atomic mass is 32.2. The Labute approximate surface area is 197 Å². The maximum Gasteiger partial charge on any atom is 0.289 e. The summed E-state index contributed by atoms with van der Waals surface area (Å²) in [5, 5.41) is 0.701. The molecule has 0 spiro atoms. The standard InChI is InChI=1S/C26H36N2O4S/c1-18-17-22-20(3)23(26(29)28-15-9-4-5-10-16-28)32-24(22)25(19(18)2)33(30,31)27-14-13-21-11-7-6-8-12-21/h11,17,27H,4-10,12-16H2,1-3H3. The molecule has 1 saturated heterocycles. The van der Waals surface area contributed by atoms with Gasteiger partial charge in [0.15, 0.2) is 11.3 Å². The van der Waals surface area contributed by atoms with Crippen LogP contribution in [0.2, 0.25) is 0 Å². The van der Waals surface area contributed by atoms with Gasteiger partial charge in [-0.3, -0.25) is 4.79 Å². The van der Waals surface area contributed by atoms with Crippen molar-refractivity contribution in [3.05, 3.63) is 40.2 Å². The van der Waals surface area contributed by atoms with Crippen LogP contribution >= 0.6 is 0 Å². The highest BCUT2D eigenvalue weighted by Gasteiger charge is 2.29. The maximum atomic E-state index is 13.4. The zero-order valence-electron chi connectivity index (χ0n) is 20.1. The minimum absolute atomic E-state index is 0.138. The van der Waals surface area contributed by atoms with Crippen molar-refractivity contribution in [3.63, 3.8) is 0 Å². The van der Waals surface area contributed by atoms with E-state index in [1.807, 2.05) is 24.8 Å². The van der Waals surface area contributed by atoms with Gasteiger partial charge < -0.3 is 9.32 Å². The summed E-state index contributed by atoms with van der Waals surface area (Å²) in [5.41, 5.74) is 3.86. The SMILES string of the molecule is Cc1cc2c(C)c(C(=O)N3CCCCCC3)oc2c(S(=O)(=O)NCCC2=CCCCC2)c1C. The summed E-state index contributed by atoms with van der Waals surface area (Å²) in [7, 11) is -3.80. The second-order valence-electron chi connectivity index (χ2n) is 9.54. The van der Waals surface area contributed by atoms with E-state index in [4.69, 9.17) is 4.42 Å². The van der Waals surface area contributed by atoms with E-state index in [-0.39, 0.29) is 22.1 Å². The topological polar surface area (TPSA) is 79.6 Å². The molecule has 4 rings (SSSR count). The van der Waals surface area contributed by atoms with Crippen LogP contribution in [0.15, 0.2) is 27.0 Å². The third-order valence-electron chi connectivity index (χ3n) is 7.17. The number of aryl methyl sites for hydroxylation is 2. The molecular formula is C26H36N2O4S. The summed E-state index contributed by atoms with van der Waals surface area (Å²) < 4.78 is 35.7. The van der Waals surface area contributed by atoms with Crippen LogP contribution in [0.1, 0.15) is 85.0 Å². The molecule has 0 bridgehead atoms. The highest BCUT2D eigenvalue weighted by Crippen LogP contribution is 2.35. The zero-order valence-corrected chi connectivity index (χ0v) is 20.9. The van der Waals surface area contributed by atoms with E-state index in [9.17, 15) is 13.2 Å². The van der Waals surface area contributed by atoms with Crippen LogP contribution in [-0.2, 0) is 10.0 Å². The second-order valence-corrected chi connectivity index (χ2v) is 11.2. The van der Waals surface area contributed by atoms with Crippen LogP contribution in [0.4, 0.5) is 0 Å². The van der Waals surface area contributed by atoms with Gasteiger partial charge in [-0.1, -0.05) is 24.5 Å². The summed E-state index contributed by atoms with van der Waals surface area (Å²) in [6.45, 7) is 7.36. The molecule has 1 aromatic heterocycles. The molecule has 33 heavy (non-hydrogen) atoms. The van der Waals surface area contributed by atoms with Crippen LogP contribution in [0.3, 0.4) is 0 Å². The summed E-state index contributed by atoms with van der Waals surface area (Å²) >= 11 is 0. The molecule has 180 valence electrons. The molecule has 1 amide bonds. The lowest BCUT2D eigenvalue weighted by atomic mass is 9.97. The number of sulfonamides is 1. The number of allylic oxidation sites excluding steroid dienone is 1. The Bertz CT molecular complexity index is 1170. The van der Waals surface area contributed by atoms with Crippen molar-refractivity contribution in [1.82, 2.24) is 9.62 Å². The number of benzene rings is 1. The van der Waals surface area contributed by atoms with Gasteiger partial charge in [0, 0.05) is 30.6 Å². The van der Waals surface area contributed by atoms with E-state index < -0.39 is 10.0 Å². The minimum atomic E-state index is -3.80. The molecule has 1 N–H and O–H groups in total. The molecule has 1 aliphatic carbocycles. The molecule has 2 aromatic rings. The first kappa shape index (κ1) is 24.0.